The Hall–Kier alpha value is -4.26. The molecule has 190 valence electrons. The van der Waals surface area contributed by atoms with E-state index in [4.69, 9.17) is 18.6 Å². The van der Waals surface area contributed by atoms with Crippen LogP contribution in [0.1, 0.15) is 44.4 Å². The van der Waals surface area contributed by atoms with E-state index in [0.717, 1.165) is 22.3 Å². The van der Waals surface area contributed by atoms with E-state index in [1.165, 1.54) is 0 Å². The normalized spacial score (nSPS) is 14.7. The molecule has 7 nitrogen and oxygen atoms in total. The molecular formula is C30H29NO6. The summed E-state index contributed by atoms with van der Waals surface area (Å²) in [5.74, 6) is 1.77. The molecule has 1 aromatic heterocycles. The zero-order chi connectivity index (χ0) is 26.3. The molecule has 1 aliphatic rings. The highest BCUT2D eigenvalue weighted by atomic mass is 16.5. The van der Waals surface area contributed by atoms with E-state index < -0.39 is 6.04 Å². The topological polar surface area (TPSA) is 78.2 Å². The minimum atomic E-state index is -0.574. The lowest BCUT2D eigenvalue weighted by molar-refractivity contribution is 0.0730. The molecule has 1 aliphatic heterocycles. The summed E-state index contributed by atoms with van der Waals surface area (Å²) in [5, 5.41) is 0.511. The molecule has 0 N–H and O–H groups in total. The fourth-order valence-corrected chi connectivity index (χ4v) is 5.16. The fraction of sp³-hybridized carbons (Fsp3) is 0.267. The van der Waals surface area contributed by atoms with Crippen LogP contribution < -0.4 is 19.6 Å². The number of carbonyl (C=O) groups excluding carboxylic acids is 1. The number of hydrogen-bond donors (Lipinski definition) is 0. The molecule has 3 aromatic carbocycles. The van der Waals surface area contributed by atoms with E-state index >= 15 is 0 Å². The van der Waals surface area contributed by atoms with E-state index in [1.54, 1.807) is 26.2 Å². The molecule has 0 fully saturated rings. The molecule has 0 saturated heterocycles. The fourth-order valence-electron chi connectivity index (χ4n) is 5.16. The van der Waals surface area contributed by atoms with Crippen molar-refractivity contribution in [2.75, 3.05) is 27.9 Å². The van der Waals surface area contributed by atoms with Crippen molar-refractivity contribution < 1.29 is 23.4 Å². The predicted molar refractivity (Wildman–Crippen MR) is 141 cm³/mol. The summed E-state index contributed by atoms with van der Waals surface area (Å²) < 4.78 is 22.3. The van der Waals surface area contributed by atoms with Crippen LogP contribution in [0, 0.1) is 13.8 Å². The minimum absolute atomic E-state index is 0.107. The number of ether oxygens (including phenoxy) is 3. The number of aryl methyl sites for hydroxylation is 2. The first-order chi connectivity index (χ1) is 17.9. The summed E-state index contributed by atoms with van der Waals surface area (Å²) >= 11 is 0. The van der Waals surface area contributed by atoms with E-state index in [0.29, 0.717) is 46.7 Å². The van der Waals surface area contributed by atoms with Gasteiger partial charge in [0.05, 0.1) is 38.3 Å². The van der Waals surface area contributed by atoms with Gasteiger partial charge in [-0.3, -0.25) is 9.59 Å². The van der Waals surface area contributed by atoms with Crippen molar-refractivity contribution in [3.63, 3.8) is 0 Å². The van der Waals surface area contributed by atoms with Gasteiger partial charge in [-0.2, -0.15) is 0 Å². The van der Waals surface area contributed by atoms with Crippen molar-refractivity contribution >= 4 is 16.9 Å². The standard InChI is InChI=1S/C30H29NO6/c1-17-14-18(2)25-24(15-17)37-29-26(28(25)32)27(20-7-9-21(34-3)10-8-20)31(30(29)33)13-12-19-6-11-22(35-4)23(16-19)36-5/h6-11,14-16,27H,12-13H2,1-5H3. The number of fused-ring (bicyclic) bond motifs is 2. The summed E-state index contributed by atoms with van der Waals surface area (Å²) in [6.07, 6.45) is 0.554. The number of carbonyl (C=O) groups is 1. The Kier molecular flexibility index (Phi) is 6.38. The zero-order valence-electron chi connectivity index (χ0n) is 21.6. The van der Waals surface area contributed by atoms with Crippen LogP contribution in [0.15, 0.2) is 63.8 Å². The third-order valence-corrected chi connectivity index (χ3v) is 6.93. The summed E-state index contributed by atoms with van der Waals surface area (Å²) in [7, 11) is 4.78. The van der Waals surface area contributed by atoms with Crippen molar-refractivity contribution in [3.05, 3.63) is 98.4 Å². The summed E-state index contributed by atoms with van der Waals surface area (Å²) in [5.41, 5.74) is 4.23. The van der Waals surface area contributed by atoms with E-state index in [2.05, 4.69) is 0 Å². The number of hydrogen-bond acceptors (Lipinski definition) is 6. The Morgan fingerprint density at radius 2 is 1.59 bits per heavy atom. The number of methoxy groups -OCH3 is 3. The molecule has 1 unspecified atom stereocenters. The Morgan fingerprint density at radius 1 is 0.865 bits per heavy atom. The SMILES string of the molecule is COc1ccc(C2c3c(oc4cc(C)cc(C)c4c3=O)C(=O)N2CCc2ccc(OC)c(OC)c2)cc1. The van der Waals surface area contributed by atoms with Gasteiger partial charge in [-0.15, -0.1) is 0 Å². The highest BCUT2D eigenvalue weighted by Gasteiger charge is 2.42. The number of nitrogens with zero attached hydrogens (tertiary/aromatic N) is 1. The molecule has 2 heterocycles. The minimum Gasteiger partial charge on any atom is -0.497 e. The maximum absolute atomic E-state index is 13.9. The van der Waals surface area contributed by atoms with E-state index in [-0.39, 0.29) is 17.1 Å². The van der Waals surface area contributed by atoms with Crippen molar-refractivity contribution in [3.8, 4) is 17.2 Å². The van der Waals surface area contributed by atoms with E-state index in [9.17, 15) is 9.59 Å². The van der Waals surface area contributed by atoms with Crippen LogP contribution in [0.25, 0.3) is 11.0 Å². The molecule has 4 aromatic rings. The molecule has 0 aliphatic carbocycles. The van der Waals surface area contributed by atoms with Crippen molar-refractivity contribution in [2.24, 2.45) is 0 Å². The molecule has 5 rings (SSSR count). The van der Waals surface area contributed by atoms with Crippen molar-refractivity contribution in [2.45, 2.75) is 26.3 Å². The molecule has 0 radical (unpaired) electrons. The smallest absolute Gasteiger partial charge is 0.290 e. The van der Waals surface area contributed by atoms with Gasteiger partial charge in [0.1, 0.15) is 11.3 Å². The third kappa shape index (κ3) is 4.20. The first-order valence-corrected chi connectivity index (χ1v) is 12.1. The molecule has 7 heteroatoms. The van der Waals surface area contributed by atoms with Crippen LogP contribution >= 0.6 is 0 Å². The maximum Gasteiger partial charge on any atom is 0.290 e. The van der Waals surface area contributed by atoms with Crippen LogP contribution in [-0.2, 0) is 6.42 Å². The van der Waals surface area contributed by atoms with Gasteiger partial charge in [-0.25, -0.2) is 0 Å². The summed E-state index contributed by atoms with van der Waals surface area (Å²) in [6.45, 7) is 4.22. The first-order valence-electron chi connectivity index (χ1n) is 12.1. The van der Waals surface area contributed by atoms with E-state index in [1.807, 2.05) is 68.4 Å². The van der Waals surface area contributed by atoms with Crippen LogP contribution in [0.2, 0.25) is 0 Å². The second-order valence-corrected chi connectivity index (χ2v) is 9.24. The second-order valence-electron chi connectivity index (χ2n) is 9.24. The summed E-state index contributed by atoms with van der Waals surface area (Å²) in [6, 6.07) is 16.3. The van der Waals surface area contributed by atoms with Crippen molar-refractivity contribution in [1.29, 1.82) is 0 Å². The van der Waals surface area contributed by atoms with Gasteiger partial charge in [0.15, 0.2) is 16.9 Å². The van der Waals surface area contributed by atoms with Gasteiger partial charge in [0.25, 0.3) is 5.91 Å². The van der Waals surface area contributed by atoms with Crippen LogP contribution in [-0.4, -0.2) is 38.7 Å². The van der Waals surface area contributed by atoms with Gasteiger partial charge in [0, 0.05) is 6.54 Å². The lowest BCUT2D eigenvalue weighted by atomic mass is 9.96. The third-order valence-electron chi connectivity index (χ3n) is 6.93. The average molecular weight is 500 g/mol. The first kappa shape index (κ1) is 24.4. The van der Waals surface area contributed by atoms with Crippen LogP contribution in [0.3, 0.4) is 0 Å². The number of rotatable bonds is 7. The quantitative estimate of drug-likeness (QED) is 0.347. The zero-order valence-corrected chi connectivity index (χ0v) is 21.6. The molecule has 0 bridgehead atoms. The van der Waals surface area contributed by atoms with Gasteiger partial charge < -0.3 is 23.5 Å². The van der Waals surface area contributed by atoms with Gasteiger partial charge in [-0.1, -0.05) is 24.3 Å². The predicted octanol–water partition coefficient (Wildman–Crippen LogP) is 5.22. The summed E-state index contributed by atoms with van der Waals surface area (Å²) in [4.78, 5) is 29.3. The number of amides is 1. The van der Waals surface area contributed by atoms with Gasteiger partial charge in [0.2, 0.25) is 5.76 Å². The second kappa shape index (κ2) is 9.65. The molecule has 1 amide bonds. The molecular weight excluding hydrogens is 470 g/mol. The van der Waals surface area contributed by atoms with Crippen molar-refractivity contribution in [1.82, 2.24) is 4.90 Å². The Bertz CT molecular complexity index is 1550. The van der Waals surface area contributed by atoms with Crippen LogP contribution in [0.5, 0.6) is 17.2 Å². The monoisotopic (exact) mass is 499 g/mol. The molecule has 0 spiro atoms. The Morgan fingerprint density at radius 3 is 2.27 bits per heavy atom. The van der Waals surface area contributed by atoms with Gasteiger partial charge in [-0.05, 0) is 72.9 Å². The molecule has 37 heavy (non-hydrogen) atoms. The maximum atomic E-state index is 13.9. The molecule has 0 saturated carbocycles. The Balaban J connectivity index is 1.61. The lowest BCUT2D eigenvalue weighted by Crippen LogP contribution is -2.31. The average Bonchev–Trinajstić information content (AvgIpc) is 3.18. The van der Waals surface area contributed by atoms with Gasteiger partial charge >= 0.3 is 0 Å². The largest absolute Gasteiger partial charge is 0.497 e. The highest BCUT2D eigenvalue weighted by Crippen LogP contribution is 2.39. The molecule has 1 atom stereocenters. The highest BCUT2D eigenvalue weighted by molar-refractivity contribution is 5.99. The van der Waals surface area contributed by atoms with Crippen LogP contribution in [0.4, 0.5) is 0 Å². The number of benzene rings is 3. The Labute approximate surface area is 215 Å². The lowest BCUT2D eigenvalue weighted by Gasteiger charge is -2.25.